The Kier molecular flexibility index (Phi) is 13.5. The van der Waals surface area contributed by atoms with Gasteiger partial charge in [0.05, 0.1) is 40.6 Å². The van der Waals surface area contributed by atoms with Crippen molar-refractivity contribution < 1.29 is 72.7 Å². The molecule has 0 aromatic heterocycles. The quantitative estimate of drug-likeness (QED) is 0.0394. The lowest BCUT2D eigenvalue weighted by atomic mass is 9.44. The van der Waals surface area contributed by atoms with Crippen LogP contribution in [-0.2, 0) is 38.1 Å². The number of nitro groups is 1. The minimum Gasteiger partial charge on any atom is -0.456 e. The van der Waals surface area contributed by atoms with E-state index in [0.717, 1.165) is 19.1 Å². The molecule has 1 aliphatic heterocycles. The number of fused-ring (bicyclic) bond motifs is 5. The van der Waals surface area contributed by atoms with Gasteiger partial charge in [0.1, 0.15) is 23.9 Å². The highest BCUT2D eigenvalue weighted by atomic mass is 16.6. The Morgan fingerprint density at radius 2 is 1.44 bits per heavy atom. The van der Waals surface area contributed by atoms with Crippen molar-refractivity contribution in [2.24, 2.45) is 16.7 Å². The number of amides is 2. The van der Waals surface area contributed by atoms with Crippen LogP contribution in [0.3, 0.4) is 0 Å². The summed E-state index contributed by atoms with van der Waals surface area (Å²) in [7, 11) is 0. The first-order valence-corrected chi connectivity index (χ1v) is 22.9. The van der Waals surface area contributed by atoms with Crippen molar-refractivity contribution in [1.82, 2.24) is 5.32 Å². The predicted octanol–water partition coefficient (Wildman–Crippen LogP) is 5.33. The summed E-state index contributed by atoms with van der Waals surface area (Å²) in [5, 5.41) is 54.7. The number of ether oxygens (including phenoxy) is 5. The Morgan fingerprint density at radius 1 is 0.845 bits per heavy atom. The number of ketones is 1. The number of Topliss-reactive ketones (excluding diaryl/α,β-unsaturated/α-hetero) is 1. The molecular weight excluding hydrogens is 923 g/mol. The number of aliphatic hydroxyl groups excluding tert-OH is 2. The van der Waals surface area contributed by atoms with Crippen LogP contribution in [0.5, 0.6) is 0 Å². The summed E-state index contributed by atoms with van der Waals surface area (Å²) in [5.74, 6) is -6.42. The smallest absolute Gasteiger partial charge is 0.412 e. The fraction of sp³-hybridized carbons (Fsp3) is 0.385. The lowest BCUT2D eigenvalue weighted by Gasteiger charge is -2.67. The molecule has 2 unspecified atom stereocenters. The van der Waals surface area contributed by atoms with Gasteiger partial charge in [-0.05, 0) is 67.0 Å². The molecule has 19 heteroatoms. The molecule has 2 bridgehead atoms. The third-order valence-electron chi connectivity index (χ3n) is 14.7. The summed E-state index contributed by atoms with van der Waals surface area (Å²) in [6, 6.07) is 27.2. The van der Waals surface area contributed by atoms with Crippen molar-refractivity contribution in [3.05, 3.63) is 153 Å². The fourth-order valence-corrected chi connectivity index (χ4v) is 10.9. The first-order valence-electron chi connectivity index (χ1n) is 22.9. The van der Waals surface area contributed by atoms with Crippen molar-refractivity contribution >= 4 is 47.1 Å². The number of nitrogens with one attached hydrogen (secondary N) is 2. The molecule has 8 rings (SSSR count). The van der Waals surface area contributed by atoms with Gasteiger partial charge in [-0.15, -0.1) is 0 Å². The van der Waals surface area contributed by atoms with Crippen LogP contribution in [0.25, 0.3) is 0 Å². The van der Waals surface area contributed by atoms with Crippen molar-refractivity contribution in [2.45, 2.75) is 101 Å². The van der Waals surface area contributed by atoms with E-state index in [1.54, 1.807) is 78.9 Å². The van der Waals surface area contributed by atoms with Crippen LogP contribution >= 0.6 is 0 Å². The van der Waals surface area contributed by atoms with Crippen molar-refractivity contribution in [1.29, 1.82) is 0 Å². The number of hydrogen-bond donors (Lipinski definition) is 5. The summed E-state index contributed by atoms with van der Waals surface area (Å²) < 4.78 is 30.7. The van der Waals surface area contributed by atoms with Gasteiger partial charge in [0, 0.05) is 48.6 Å². The van der Waals surface area contributed by atoms with Crippen LogP contribution in [0, 0.1) is 26.9 Å². The van der Waals surface area contributed by atoms with Crippen LogP contribution in [0.4, 0.5) is 16.2 Å². The summed E-state index contributed by atoms with van der Waals surface area (Å²) in [5.41, 5.74) is -8.19. The van der Waals surface area contributed by atoms with Gasteiger partial charge in [0.15, 0.2) is 23.6 Å². The largest absolute Gasteiger partial charge is 0.456 e. The molecule has 1 saturated heterocycles. The van der Waals surface area contributed by atoms with E-state index in [9.17, 15) is 49.4 Å². The van der Waals surface area contributed by atoms with Crippen LogP contribution in [0.15, 0.2) is 126 Å². The Morgan fingerprint density at radius 3 is 2.00 bits per heavy atom. The van der Waals surface area contributed by atoms with Crippen molar-refractivity contribution in [2.75, 3.05) is 11.9 Å². The maximum Gasteiger partial charge on any atom is 0.412 e. The SMILES string of the molecule is CC(=O)O[C@@]12CO[C@@H]1C[C@H](O)[C@@]1(C)C(=O)[C@H](OC(=O)Nc3ccc([N+](=O)[O-])cc3)C3=C(C)[C@@H](OC(=O)[C@H](O)C(NC(=O)c4ccccc4)c4ccccc4)C[C@@](O)([C@@H](OC(=O)c4ccccc4)C12)C3(C)C. The average molecular weight is 976 g/mol. The van der Waals surface area contributed by atoms with E-state index in [-0.39, 0.29) is 46.7 Å². The first kappa shape index (κ1) is 50.1. The van der Waals surface area contributed by atoms with E-state index in [1.165, 1.54) is 52.0 Å². The number of nitrogens with zero attached hydrogens (tertiary/aromatic N) is 1. The van der Waals surface area contributed by atoms with Crippen LogP contribution in [0.1, 0.15) is 79.8 Å². The molecule has 4 aromatic rings. The second kappa shape index (κ2) is 19.1. The van der Waals surface area contributed by atoms with E-state index in [1.807, 2.05) is 0 Å². The second-order valence-corrected chi connectivity index (χ2v) is 19.1. The van der Waals surface area contributed by atoms with Gasteiger partial charge in [-0.3, -0.25) is 29.8 Å². The minimum absolute atomic E-state index is 0.0192. The topological polar surface area (TPSA) is 276 Å². The van der Waals surface area contributed by atoms with E-state index >= 15 is 4.79 Å². The van der Waals surface area contributed by atoms with E-state index in [2.05, 4.69) is 10.6 Å². The van der Waals surface area contributed by atoms with Gasteiger partial charge in [0.25, 0.3) is 11.6 Å². The number of carbonyl (C=O) groups excluding carboxylic acids is 6. The molecule has 11 atom stereocenters. The number of nitro benzene ring substituents is 1. The normalized spacial score (nSPS) is 29.2. The number of rotatable bonds is 12. The van der Waals surface area contributed by atoms with Gasteiger partial charge in [-0.25, -0.2) is 14.4 Å². The highest BCUT2D eigenvalue weighted by Gasteiger charge is 2.78. The minimum atomic E-state index is -2.52. The molecule has 3 fully saturated rings. The lowest BCUT2D eigenvalue weighted by molar-refractivity contribution is -0.384. The van der Waals surface area contributed by atoms with Crippen LogP contribution < -0.4 is 10.6 Å². The number of non-ortho nitro benzene ring substituents is 1. The molecule has 4 aliphatic rings. The fourth-order valence-electron chi connectivity index (χ4n) is 10.9. The molecule has 0 spiro atoms. The van der Waals surface area contributed by atoms with Crippen molar-refractivity contribution in [3.63, 3.8) is 0 Å². The number of carbonyl (C=O) groups is 6. The number of aliphatic hydroxyl groups is 3. The average Bonchev–Trinajstić information content (AvgIpc) is 3.34. The molecule has 372 valence electrons. The Labute approximate surface area is 407 Å². The number of hydrogen-bond acceptors (Lipinski definition) is 16. The third-order valence-corrected chi connectivity index (χ3v) is 14.7. The predicted molar refractivity (Wildman–Crippen MR) is 249 cm³/mol. The Bertz CT molecular complexity index is 2770. The third kappa shape index (κ3) is 8.83. The van der Waals surface area contributed by atoms with E-state index < -0.39 is 118 Å². The zero-order valence-electron chi connectivity index (χ0n) is 39.3. The summed E-state index contributed by atoms with van der Waals surface area (Å²) >= 11 is 0. The van der Waals surface area contributed by atoms with E-state index in [4.69, 9.17) is 23.7 Å². The Hall–Kier alpha value is -7.32. The monoisotopic (exact) mass is 975 g/mol. The molecule has 0 radical (unpaired) electrons. The number of anilines is 1. The zero-order chi connectivity index (χ0) is 51.2. The van der Waals surface area contributed by atoms with Gasteiger partial charge < -0.3 is 44.3 Å². The number of esters is 3. The molecule has 2 saturated carbocycles. The first-order chi connectivity index (χ1) is 33.6. The van der Waals surface area contributed by atoms with Gasteiger partial charge >= 0.3 is 24.0 Å². The highest BCUT2D eigenvalue weighted by Crippen LogP contribution is 2.64. The van der Waals surface area contributed by atoms with Crippen LogP contribution in [-0.4, -0.2) is 110 Å². The van der Waals surface area contributed by atoms with Gasteiger partial charge in [0.2, 0.25) is 0 Å². The van der Waals surface area contributed by atoms with Crippen LogP contribution in [0.2, 0.25) is 0 Å². The molecule has 71 heavy (non-hydrogen) atoms. The summed E-state index contributed by atoms with van der Waals surface area (Å²) in [6.45, 7) is 6.53. The molecular formula is C52H53N3O16. The van der Waals surface area contributed by atoms with Gasteiger partial charge in [-0.2, -0.15) is 0 Å². The zero-order valence-corrected chi connectivity index (χ0v) is 39.3. The number of benzene rings is 4. The molecule has 5 N–H and O–H groups in total. The maximum atomic E-state index is 16.0. The van der Waals surface area contributed by atoms with Crippen molar-refractivity contribution in [3.8, 4) is 0 Å². The Balaban J connectivity index is 1.29. The lowest BCUT2D eigenvalue weighted by Crippen LogP contribution is -2.82. The molecule has 1 heterocycles. The van der Waals surface area contributed by atoms with Gasteiger partial charge in [-0.1, -0.05) is 80.6 Å². The van der Waals surface area contributed by atoms with E-state index in [0.29, 0.717) is 5.56 Å². The highest BCUT2D eigenvalue weighted by molar-refractivity contribution is 5.97. The maximum absolute atomic E-state index is 16.0. The summed E-state index contributed by atoms with van der Waals surface area (Å²) in [6.07, 6.45) is -12.7. The standard InChI is InChI=1S/C52H53N3O16/c1-28-35(68-47(62)40(58)39(30-15-9-6-10-16-30)54-45(60)31-17-11-7-12-18-31)26-52(64)44(70-46(61)32-19-13-8-14-20-32)42-50(5,36(57)25-37-51(42,27-67-37)71-29(2)56)43(59)41(38(28)49(52,3)4)69-48(63)53-33-21-23-34(24-22-33)55(65)66/h6-24,35-37,39-42,44,57-58,64H,25-27H2,1-5H3,(H,53,63)(H,54,60)/t35-,36-,37+,39?,40+,41+,42?,44-,50+,51-,52+/m0/s1. The second-order valence-electron chi connectivity index (χ2n) is 19.1. The molecule has 2 amide bonds. The molecule has 19 nitrogen and oxygen atoms in total. The molecule has 4 aromatic carbocycles. The molecule has 3 aliphatic carbocycles. The summed E-state index contributed by atoms with van der Waals surface area (Å²) in [4.78, 5) is 96.5.